The van der Waals surface area contributed by atoms with Gasteiger partial charge in [0.25, 0.3) is 0 Å². The molecular weight excluding hydrogens is 313 g/mol. The van der Waals surface area contributed by atoms with Crippen molar-refractivity contribution in [1.29, 1.82) is 0 Å². The van der Waals surface area contributed by atoms with Crippen LogP contribution in [0.15, 0.2) is 36.4 Å². The van der Waals surface area contributed by atoms with Crippen LogP contribution >= 0.6 is 11.6 Å². The van der Waals surface area contributed by atoms with Crippen molar-refractivity contribution in [2.24, 2.45) is 5.73 Å². The van der Waals surface area contributed by atoms with Gasteiger partial charge in [-0.15, -0.1) is 0 Å². The molecule has 0 heterocycles. The Labute approximate surface area is 122 Å². The topological polar surface area (TPSA) is 26.0 Å². The van der Waals surface area contributed by atoms with Gasteiger partial charge in [-0.25, -0.2) is 8.78 Å². The second-order valence-electron chi connectivity index (χ2n) is 4.38. The molecule has 0 radical (unpaired) electrons. The quantitative estimate of drug-likeness (QED) is 0.798. The molecule has 2 N–H and O–H groups in total. The normalized spacial score (nSPS) is 13.3. The largest absolute Gasteiger partial charge is 0.419 e. The molecule has 0 aromatic heterocycles. The van der Waals surface area contributed by atoms with Crippen LogP contribution in [-0.4, -0.2) is 0 Å². The number of alkyl halides is 3. The van der Waals surface area contributed by atoms with E-state index >= 15 is 0 Å². The third kappa shape index (κ3) is 3.33. The van der Waals surface area contributed by atoms with E-state index in [9.17, 15) is 22.0 Å². The summed E-state index contributed by atoms with van der Waals surface area (Å²) in [6, 6.07) is 4.87. The first-order chi connectivity index (χ1) is 9.70. The average molecular weight is 322 g/mol. The number of hydrogen-bond donors (Lipinski definition) is 1. The Morgan fingerprint density at radius 1 is 0.952 bits per heavy atom. The zero-order valence-electron chi connectivity index (χ0n) is 10.4. The van der Waals surface area contributed by atoms with Crippen LogP contribution in [0, 0.1) is 11.6 Å². The third-order valence-corrected chi connectivity index (χ3v) is 3.19. The van der Waals surface area contributed by atoms with E-state index in [2.05, 4.69) is 0 Å². The van der Waals surface area contributed by atoms with E-state index in [0.717, 1.165) is 12.1 Å². The molecule has 1 unspecified atom stereocenters. The summed E-state index contributed by atoms with van der Waals surface area (Å²) in [7, 11) is 0. The minimum Gasteiger partial charge on any atom is -0.320 e. The van der Waals surface area contributed by atoms with Crippen molar-refractivity contribution in [2.75, 3.05) is 0 Å². The van der Waals surface area contributed by atoms with Crippen molar-refractivity contribution in [3.05, 3.63) is 69.7 Å². The first-order valence-corrected chi connectivity index (χ1v) is 6.15. The van der Waals surface area contributed by atoms with Crippen molar-refractivity contribution >= 4 is 11.6 Å². The van der Waals surface area contributed by atoms with E-state index in [0.29, 0.717) is 12.1 Å². The van der Waals surface area contributed by atoms with Crippen LogP contribution in [0.3, 0.4) is 0 Å². The fraction of sp³-hybridized carbons (Fsp3) is 0.143. The van der Waals surface area contributed by atoms with E-state index in [4.69, 9.17) is 17.3 Å². The Bertz CT molecular complexity index is 669. The van der Waals surface area contributed by atoms with Gasteiger partial charge in [-0.3, -0.25) is 0 Å². The van der Waals surface area contributed by atoms with Gasteiger partial charge in [0.05, 0.1) is 11.6 Å². The highest BCUT2D eigenvalue weighted by Gasteiger charge is 2.34. The molecule has 21 heavy (non-hydrogen) atoms. The molecule has 0 amide bonds. The van der Waals surface area contributed by atoms with Crippen LogP contribution in [0.5, 0.6) is 0 Å². The molecule has 2 aromatic rings. The monoisotopic (exact) mass is 321 g/mol. The minimum atomic E-state index is -4.79. The molecule has 0 aliphatic heterocycles. The standard InChI is InChI=1S/C14H9ClF5N/c15-8-2-3-9(11(16)6-8)13(21)7-1-4-10(12(17)5-7)14(18,19)20/h1-6,13H,21H2. The van der Waals surface area contributed by atoms with Crippen LogP contribution in [-0.2, 0) is 6.18 Å². The van der Waals surface area contributed by atoms with Crippen molar-refractivity contribution in [1.82, 2.24) is 0 Å². The molecule has 2 rings (SSSR count). The summed E-state index contributed by atoms with van der Waals surface area (Å²) in [4.78, 5) is 0. The first kappa shape index (κ1) is 15.7. The Hall–Kier alpha value is -1.66. The lowest BCUT2D eigenvalue weighted by Crippen LogP contribution is -2.15. The summed E-state index contributed by atoms with van der Waals surface area (Å²) in [6.45, 7) is 0. The highest BCUT2D eigenvalue weighted by molar-refractivity contribution is 6.30. The second kappa shape index (κ2) is 5.61. The lowest BCUT2D eigenvalue weighted by molar-refractivity contribution is -0.140. The van der Waals surface area contributed by atoms with Crippen LogP contribution in [0.2, 0.25) is 5.02 Å². The van der Waals surface area contributed by atoms with Gasteiger partial charge in [-0.1, -0.05) is 23.7 Å². The zero-order valence-corrected chi connectivity index (χ0v) is 11.1. The molecule has 0 fully saturated rings. The van der Waals surface area contributed by atoms with Crippen LogP contribution in [0.25, 0.3) is 0 Å². The van der Waals surface area contributed by atoms with Gasteiger partial charge in [0.2, 0.25) is 0 Å². The summed E-state index contributed by atoms with van der Waals surface area (Å²) >= 11 is 5.60. The van der Waals surface area contributed by atoms with E-state index in [1.54, 1.807) is 0 Å². The van der Waals surface area contributed by atoms with E-state index in [1.165, 1.54) is 12.1 Å². The first-order valence-electron chi connectivity index (χ1n) is 5.77. The summed E-state index contributed by atoms with van der Waals surface area (Å²) in [6.07, 6.45) is -4.79. The maximum absolute atomic E-state index is 13.7. The number of hydrogen-bond acceptors (Lipinski definition) is 1. The van der Waals surface area contributed by atoms with Gasteiger partial charge in [-0.05, 0) is 29.8 Å². The molecule has 1 nitrogen and oxygen atoms in total. The third-order valence-electron chi connectivity index (χ3n) is 2.96. The van der Waals surface area contributed by atoms with Crippen molar-refractivity contribution in [3.8, 4) is 0 Å². The van der Waals surface area contributed by atoms with Crippen molar-refractivity contribution in [3.63, 3.8) is 0 Å². The van der Waals surface area contributed by atoms with Crippen molar-refractivity contribution < 1.29 is 22.0 Å². The SMILES string of the molecule is NC(c1ccc(C(F)(F)F)c(F)c1)c1ccc(Cl)cc1F. The van der Waals surface area contributed by atoms with Gasteiger partial charge in [-0.2, -0.15) is 13.2 Å². The van der Waals surface area contributed by atoms with E-state index in [-0.39, 0.29) is 16.1 Å². The smallest absolute Gasteiger partial charge is 0.320 e. The summed E-state index contributed by atoms with van der Waals surface area (Å²) < 4.78 is 64.6. The molecule has 0 aliphatic carbocycles. The van der Waals surface area contributed by atoms with Gasteiger partial charge < -0.3 is 5.73 Å². The number of halogens is 6. The minimum absolute atomic E-state index is 0.0126. The van der Waals surface area contributed by atoms with Gasteiger partial charge in [0.15, 0.2) is 0 Å². The number of rotatable bonds is 2. The Morgan fingerprint density at radius 3 is 2.14 bits per heavy atom. The number of benzene rings is 2. The summed E-state index contributed by atoms with van der Waals surface area (Å²) in [5, 5.41) is 0.155. The maximum Gasteiger partial charge on any atom is 0.419 e. The molecule has 7 heteroatoms. The molecule has 0 saturated carbocycles. The van der Waals surface area contributed by atoms with E-state index < -0.39 is 29.4 Å². The van der Waals surface area contributed by atoms with Gasteiger partial charge >= 0.3 is 6.18 Å². The lowest BCUT2D eigenvalue weighted by Gasteiger charge is -2.15. The fourth-order valence-electron chi connectivity index (χ4n) is 1.89. The zero-order chi connectivity index (χ0) is 15.8. The Kier molecular flexibility index (Phi) is 4.20. The molecule has 0 spiro atoms. The Morgan fingerprint density at radius 2 is 1.62 bits per heavy atom. The molecule has 2 aromatic carbocycles. The highest BCUT2D eigenvalue weighted by atomic mass is 35.5. The molecule has 0 bridgehead atoms. The van der Waals surface area contributed by atoms with Gasteiger partial charge in [0.1, 0.15) is 11.6 Å². The van der Waals surface area contributed by atoms with Crippen LogP contribution in [0.4, 0.5) is 22.0 Å². The predicted molar refractivity (Wildman–Crippen MR) is 68.8 cm³/mol. The molecule has 112 valence electrons. The summed E-state index contributed by atoms with van der Waals surface area (Å²) in [5.74, 6) is -2.17. The molecule has 1 atom stereocenters. The lowest BCUT2D eigenvalue weighted by atomic mass is 9.97. The highest BCUT2D eigenvalue weighted by Crippen LogP contribution is 2.33. The molecule has 0 saturated heterocycles. The predicted octanol–water partition coefficient (Wildman–Crippen LogP) is 4.69. The molecular formula is C14H9ClF5N. The average Bonchev–Trinajstić information content (AvgIpc) is 2.36. The fourth-order valence-corrected chi connectivity index (χ4v) is 2.05. The molecule has 0 aliphatic rings. The maximum atomic E-state index is 13.7. The van der Waals surface area contributed by atoms with Gasteiger partial charge in [0, 0.05) is 10.6 Å². The summed E-state index contributed by atoms with van der Waals surface area (Å²) in [5.41, 5.74) is 4.41. The Balaban J connectivity index is 2.40. The van der Waals surface area contributed by atoms with E-state index in [1.807, 2.05) is 0 Å². The van der Waals surface area contributed by atoms with Crippen molar-refractivity contribution in [2.45, 2.75) is 12.2 Å². The second-order valence-corrected chi connectivity index (χ2v) is 4.82. The van der Waals surface area contributed by atoms with Crippen LogP contribution in [0.1, 0.15) is 22.7 Å². The number of nitrogens with two attached hydrogens (primary N) is 1. The van der Waals surface area contributed by atoms with Crippen LogP contribution < -0.4 is 5.73 Å².